The zero-order chi connectivity index (χ0) is 18.8. The largest absolute Gasteiger partial charge is 0.466 e. The Bertz CT molecular complexity index is 645. The number of ether oxygens (including phenoxy) is 1. The molecule has 2 bridgehead atoms. The average Bonchev–Trinajstić information content (AvgIpc) is 2.80. The van der Waals surface area contributed by atoms with E-state index in [0.717, 1.165) is 37.8 Å². The highest BCUT2D eigenvalue weighted by Gasteiger charge is 2.67. The van der Waals surface area contributed by atoms with E-state index in [-0.39, 0.29) is 27.6 Å². The van der Waals surface area contributed by atoms with Crippen molar-refractivity contribution in [2.24, 2.45) is 38.7 Å². The van der Waals surface area contributed by atoms with Gasteiger partial charge in [-0.25, -0.2) is 0 Å². The van der Waals surface area contributed by atoms with Crippen LogP contribution in [0.15, 0.2) is 5.16 Å². The Morgan fingerprint density at radius 1 is 1.15 bits per heavy atom. The summed E-state index contributed by atoms with van der Waals surface area (Å²) in [6.45, 7) is 9.32. The smallest absolute Gasteiger partial charge is 0.312 e. The van der Waals surface area contributed by atoms with E-state index in [1.54, 1.807) is 0 Å². The van der Waals surface area contributed by atoms with Crippen LogP contribution in [0.4, 0.5) is 0 Å². The summed E-state index contributed by atoms with van der Waals surface area (Å²) in [5, 5.41) is 13.3. The molecular formula is C22H35NO3. The van der Waals surface area contributed by atoms with E-state index >= 15 is 0 Å². The average molecular weight is 362 g/mol. The highest BCUT2D eigenvalue weighted by atomic mass is 16.5. The number of oxime groups is 1. The summed E-state index contributed by atoms with van der Waals surface area (Å²) in [6, 6.07) is 0. The number of rotatable bonds is 2. The van der Waals surface area contributed by atoms with Gasteiger partial charge in [0.25, 0.3) is 0 Å². The second-order valence-electron chi connectivity index (χ2n) is 10.5. The van der Waals surface area contributed by atoms with Crippen molar-refractivity contribution in [2.45, 2.75) is 85.5 Å². The number of nitrogens with zero attached hydrogens (tertiary/aromatic N) is 1. The van der Waals surface area contributed by atoms with Crippen molar-refractivity contribution in [3.63, 3.8) is 0 Å². The summed E-state index contributed by atoms with van der Waals surface area (Å²) in [5.41, 5.74) is 1.27. The predicted octanol–water partition coefficient (Wildman–Crippen LogP) is 5.18. The fourth-order valence-electron chi connectivity index (χ4n) is 8.22. The molecule has 0 radical (unpaired) electrons. The van der Waals surface area contributed by atoms with Crippen LogP contribution in [0.25, 0.3) is 0 Å². The minimum atomic E-state index is -0.335. The maximum absolute atomic E-state index is 12.9. The Morgan fingerprint density at radius 2 is 1.88 bits per heavy atom. The summed E-state index contributed by atoms with van der Waals surface area (Å²) >= 11 is 0. The molecule has 146 valence electrons. The third-order valence-corrected chi connectivity index (χ3v) is 9.25. The van der Waals surface area contributed by atoms with Gasteiger partial charge in [-0.2, -0.15) is 0 Å². The van der Waals surface area contributed by atoms with Crippen LogP contribution >= 0.6 is 0 Å². The van der Waals surface area contributed by atoms with E-state index < -0.39 is 0 Å². The zero-order valence-corrected chi connectivity index (χ0v) is 16.9. The molecule has 6 atom stereocenters. The summed E-state index contributed by atoms with van der Waals surface area (Å²) in [4.78, 5) is 12.9. The van der Waals surface area contributed by atoms with Crippen LogP contribution in [-0.4, -0.2) is 23.5 Å². The Morgan fingerprint density at radius 3 is 2.58 bits per heavy atom. The third-order valence-electron chi connectivity index (χ3n) is 9.25. The number of carbonyl (C=O) groups is 1. The first-order valence-electron chi connectivity index (χ1n) is 10.6. The van der Waals surface area contributed by atoms with Gasteiger partial charge in [-0.15, -0.1) is 0 Å². The second kappa shape index (κ2) is 5.72. The monoisotopic (exact) mass is 361 g/mol. The molecule has 0 aromatic rings. The Balaban J connectivity index is 1.71. The van der Waals surface area contributed by atoms with E-state index in [1.807, 2.05) is 6.92 Å². The van der Waals surface area contributed by atoms with Gasteiger partial charge in [0.2, 0.25) is 0 Å². The quantitative estimate of drug-likeness (QED) is 0.419. The molecule has 4 fully saturated rings. The van der Waals surface area contributed by atoms with Crippen molar-refractivity contribution in [2.75, 3.05) is 6.61 Å². The Kier molecular flexibility index (Phi) is 4.03. The number of fused-ring (bicyclic) bond motifs is 3. The van der Waals surface area contributed by atoms with E-state index in [2.05, 4.69) is 25.9 Å². The van der Waals surface area contributed by atoms with Gasteiger partial charge in [0, 0.05) is 5.41 Å². The van der Waals surface area contributed by atoms with Crippen LogP contribution in [0.5, 0.6) is 0 Å². The summed E-state index contributed by atoms with van der Waals surface area (Å²) in [7, 11) is 0. The lowest BCUT2D eigenvalue weighted by Crippen LogP contribution is -2.58. The van der Waals surface area contributed by atoms with E-state index in [1.165, 1.54) is 25.7 Å². The highest BCUT2D eigenvalue weighted by molar-refractivity contribution is 5.92. The molecule has 0 unspecified atom stereocenters. The van der Waals surface area contributed by atoms with Crippen LogP contribution in [-0.2, 0) is 9.53 Å². The van der Waals surface area contributed by atoms with Crippen LogP contribution in [0.1, 0.15) is 85.5 Å². The predicted molar refractivity (Wildman–Crippen MR) is 101 cm³/mol. The van der Waals surface area contributed by atoms with Gasteiger partial charge in [0.1, 0.15) is 0 Å². The molecule has 0 aromatic carbocycles. The number of esters is 1. The maximum Gasteiger partial charge on any atom is 0.312 e. The molecule has 1 spiro atoms. The lowest BCUT2D eigenvalue weighted by Gasteiger charge is -2.64. The van der Waals surface area contributed by atoms with Gasteiger partial charge in [0.15, 0.2) is 0 Å². The normalized spacial score (nSPS) is 51.6. The van der Waals surface area contributed by atoms with Gasteiger partial charge >= 0.3 is 5.97 Å². The fraction of sp³-hybridized carbons (Fsp3) is 0.909. The molecule has 0 aliphatic heterocycles. The molecule has 4 rings (SSSR count). The van der Waals surface area contributed by atoms with Gasteiger partial charge in [0.05, 0.1) is 17.7 Å². The minimum Gasteiger partial charge on any atom is -0.466 e. The summed E-state index contributed by atoms with van der Waals surface area (Å²) < 4.78 is 5.53. The topological polar surface area (TPSA) is 58.9 Å². The van der Waals surface area contributed by atoms with E-state index in [0.29, 0.717) is 18.4 Å². The molecule has 26 heavy (non-hydrogen) atoms. The van der Waals surface area contributed by atoms with Crippen LogP contribution in [0, 0.1) is 33.5 Å². The van der Waals surface area contributed by atoms with Crippen LogP contribution < -0.4 is 0 Å². The number of hydrogen-bond donors (Lipinski definition) is 1. The van der Waals surface area contributed by atoms with Crippen molar-refractivity contribution in [1.82, 2.24) is 0 Å². The SMILES string of the molecule is CCOC(=O)[C@]1(C)CCC[C@@]2(C)[C@@H]3CC[C@@]4(C)C[C@]3(CC[C@@H]21)C/C4=N/O. The summed E-state index contributed by atoms with van der Waals surface area (Å²) in [5.74, 6) is 1.07. The maximum atomic E-state index is 12.9. The van der Waals surface area contributed by atoms with Crippen LogP contribution in [0.3, 0.4) is 0 Å². The minimum absolute atomic E-state index is 0.0246. The molecule has 0 saturated heterocycles. The number of carbonyl (C=O) groups excluding carboxylic acids is 1. The molecule has 1 N–H and O–H groups in total. The highest BCUT2D eigenvalue weighted by Crippen LogP contribution is 2.73. The third kappa shape index (κ3) is 2.19. The second-order valence-corrected chi connectivity index (χ2v) is 10.5. The van der Waals surface area contributed by atoms with Gasteiger partial charge in [-0.3, -0.25) is 4.79 Å². The first-order valence-corrected chi connectivity index (χ1v) is 10.6. The van der Waals surface area contributed by atoms with Crippen molar-refractivity contribution >= 4 is 11.7 Å². The molecule has 4 nitrogen and oxygen atoms in total. The molecule has 0 heterocycles. The Hall–Kier alpha value is -1.06. The first kappa shape index (κ1) is 18.3. The molecule has 4 saturated carbocycles. The van der Waals surface area contributed by atoms with Crippen molar-refractivity contribution in [3.05, 3.63) is 0 Å². The molecule has 4 aliphatic rings. The van der Waals surface area contributed by atoms with Crippen LogP contribution in [0.2, 0.25) is 0 Å². The zero-order valence-electron chi connectivity index (χ0n) is 16.9. The lowest BCUT2D eigenvalue weighted by atomic mass is 9.40. The van der Waals surface area contributed by atoms with E-state index in [4.69, 9.17) is 4.74 Å². The van der Waals surface area contributed by atoms with Gasteiger partial charge < -0.3 is 9.94 Å². The molecule has 0 amide bonds. The van der Waals surface area contributed by atoms with Crippen molar-refractivity contribution < 1.29 is 14.7 Å². The Labute approximate surface area is 157 Å². The fourth-order valence-corrected chi connectivity index (χ4v) is 8.22. The summed E-state index contributed by atoms with van der Waals surface area (Å²) in [6.07, 6.45) is 10.0. The van der Waals surface area contributed by atoms with Crippen molar-refractivity contribution in [3.8, 4) is 0 Å². The molecule has 4 aliphatic carbocycles. The van der Waals surface area contributed by atoms with Gasteiger partial charge in [-0.05, 0) is 87.9 Å². The van der Waals surface area contributed by atoms with E-state index in [9.17, 15) is 10.0 Å². The molecule has 4 heteroatoms. The lowest BCUT2D eigenvalue weighted by molar-refractivity contribution is -0.187. The standard InChI is InChI=1S/C22H35NO3/c1-5-26-18(24)21(4)10-6-9-20(3)15(21)8-12-22-13-17(23-25)19(2,14-22)11-7-16(20)22/h15-16,25H,5-14H2,1-4H3/b23-17-/t15-,16-,19-,20+,21+,22-/m0/s1. The van der Waals surface area contributed by atoms with Crippen molar-refractivity contribution in [1.29, 1.82) is 0 Å². The van der Waals surface area contributed by atoms with Gasteiger partial charge in [-0.1, -0.05) is 25.4 Å². The molecule has 0 aromatic heterocycles. The number of hydrogen-bond acceptors (Lipinski definition) is 4. The molecular weight excluding hydrogens is 326 g/mol. The first-order chi connectivity index (χ1) is 12.2.